The summed E-state index contributed by atoms with van der Waals surface area (Å²) in [7, 11) is 1.31. The number of ether oxygens (including phenoxy) is 2. The predicted octanol–water partition coefficient (Wildman–Crippen LogP) is 6.10. The third kappa shape index (κ3) is 6.36. The van der Waals surface area contributed by atoms with Gasteiger partial charge in [-0.25, -0.2) is 4.79 Å². The molecule has 0 saturated carbocycles. The van der Waals surface area contributed by atoms with E-state index in [0.29, 0.717) is 0 Å². The van der Waals surface area contributed by atoms with Crippen molar-refractivity contribution in [3.8, 4) is 0 Å². The van der Waals surface area contributed by atoms with Crippen molar-refractivity contribution in [3.63, 3.8) is 0 Å². The highest BCUT2D eigenvalue weighted by molar-refractivity contribution is 5.87. The van der Waals surface area contributed by atoms with Crippen LogP contribution in [0.1, 0.15) is 22.3 Å². The van der Waals surface area contributed by atoms with E-state index in [1.165, 1.54) is 34.7 Å². The van der Waals surface area contributed by atoms with Crippen LogP contribution in [0.4, 0.5) is 4.79 Å². The molecule has 5 heteroatoms. The molecule has 5 nitrogen and oxygen atoms in total. The number of nitrogens with one attached hydrogen (secondary N) is 1. The number of H-pyrrole nitrogens is 1. The van der Waals surface area contributed by atoms with Gasteiger partial charge in [-0.2, -0.15) is 0 Å². The lowest BCUT2D eigenvalue weighted by atomic mass is 10.00. The van der Waals surface area contributed by atoms with Gasteiger partial charge in [0.25, 0.3) is 0 Å². The third-order valence-corrected chi connectivity index (χ3v) is 5.75. The molecular formula is C29H30N2O3. The van der Waals surface area contributed by atoms with Crippen LogP contribution >= 0.6 is 0 Å². The molecule has 0 saturated heterocycles. The van der Waals surface area contributed by atoms with E-state index in [4.69, 9.17) is 4.74 Å². The zero-order chi connectivity index (χ0) is 23.6. The fourth-order valence-electron chi connectivity index (χ4n) is 4.16. The molecule has 0 aliphatic heterocycles. The first-order valence-electron chi connectivity index (χ1n) is 11.5. The molecule has 1 N–H and O–H groups in total. The highest BCUT2D eigenvalue weighted by Gasteiger charge is 2.13. The van der Waals surface area contributed by atoms with Crippen molar-refractivity contribution < 1.29 is 14.3 Å². The molecule has 4 aromatic rings. The van der Waals surface area contributed by atoms with Gasteiger partial charge < -0.3 is 14.5 Å². The number of nitrogens with zero attached hydrogens (tertiary/aromatic N) is 1. The monoisotopic (exact) mass is 454 g/mol. The Hall–Kier alpha value is -3.83. The van der Waals surface area contributed by atoms with Gasteiger partial charge in [0.1, 0.15) is 6.61 Å². The summed E-state index contributed by atoms with van der Waals surface area (Å²) < 4.78 is 9.47. The van der Waals surface area contributed by atoms with Crippen molar-refractivity contribution in [3.05, 3.63) is 119 Å². The number of aromatic nitrogens is 1. The van der Waals surface area contributed by atoms with Crippen LogP contribution in [0.3, 0.4) is 0 Å². The van der Waals surface area contributed by atoms with Crippen molar-refractivity contribution >= 4 is 17.1 Å². The normalized spacial score (nSPS) is 11.4. The number of benzene rings is 3. The van der Waals surface area contributed by atoms with Gasteiger partial charge in [0.05, 0.1) is 7.11 Å². The highest BCUT2D eigenvalue weighted by atomic mass is 16.7. The van der Waals surface area contributed by atoms with Crippen LogP contribution in [0, 0.1) is 0 Å². The number of rotatable bonds is 10. The Morgan fingerprint density at radius 3 is 2.32 bits per heavy atom. The third-order valence-electron chi connectivity index (χ3n) is 5.75. The second-order valence-electron chi connectivity index (χ2n) is 8.21. The second-order valence-corrected chi connectivity index (χ2v) is 8.21. The van der Waals surface area contributed by atoms with E-state index in [-0.39, 0.29) is 6.61 Å². The van der Waals surface area contributed by atoms with E-state index in [0.717, 1.165) is 31.6 Å². The molecule has 0 radical (unpaired) electrons. The van der Waals surface area contributed by atoms with Gasteiger partial charge in [0.15, 0.2) is 0 Å². The van der Waals surface area contributed by atoms with E-state index >= 15 is 0 Å². The van der Waals surface area contributed by atoms with Crippen LogP contribution in [0.15, 0.2) is 97.2 Å². The number of fused-ring (bicyclic) bond motifs is 1. The minimum atomic E-state index is -0.670. The zero-order valence-corrected chi connectivity index (χ0v) is 19.4. The maximum atomic E-state index is 11.2. The fraction of sp³-hybridized carbons (Fsp3) is 0.207. The predicted molar refractivity (Wildman–Crippen MR) is 136 cm³/mol. The van der Waals surface area contributed by atoms with Crippen molar-refractivity contribution in [1.82, 2.24) is 9.88 Å². The minimum Gasteiger partial charge on any atom is -0.438 e. The Morgan fingerprint density at radius 1 is 0.853 bits per heavy atom. The van der Waals surface area contributed by atoms with Gasteiger partial charge in [-0.3, -0.25) is 4.90 Å². The molecule has 0 amide bonds. The average molecular weight is 455 g/mol. The molecule has 1 aromatic heterocycles. The summed E-state index contributed by atoms with van der Waals surface area (Å²) in [5.74, 6) is 0. The number of aromatic amines is 1. The van der Waals surface area contributed by atoms with Crippen LogP contribution in [0.2, 0.25) is 0 Å². The molecule has 174 valence electrons. The molecule has 0 atom stereocenters. The topological polar surface area (TPSA) is 54.6 Å². The molecular weight excluding hydrogens is 424 g/mol. The summed E-state index contributed by atoms with van der Waals surface area (Å²) >= 11 is 0. The van der Waals surface area contributed by atoms with E-state index in [1.807, 2.05) is 18.2 Å². The number of hydrogen-bond donors (Lipinski definition) is 1. The Kier molecular flexibility index (Phi) is 8.14. The standard InChI is InChI=1S/C29H30N2O3/c1-33-29(32)34-18-9-8-17-31(21-24-13-6-3-7-14-24)22-25-15-10-16-27-28(25)26(20-30-27)19-23-11-4-2-5-12-23/h2-16,20,30H,17-19,21-22H2,1H3/b9-8+. The molecule has 0 spiro atoms. The Bertz CT molecular complexity index is 1220. The molecule has 0 aliphatic carbocycles. The summed E-state index contributed by atoms with van der Waals surface area (Å²) in [6.07, 6.45) is 6.24. The average Bonchev–Trinajstić information content (AvgIpc) is 3.28. The van der Waals surface area contributed by atoms with Crippen molar-refractivity contribution in [1.29, 1.82) is 0 Å². The van der Waals surface area contributed by atoms with E-state index in [2.05, 4.69) is 93.6 Å². The maximum Gasteiger partial charge on any atom is 0.508 e. The van der Waals surface area contributed by atoms with Gasteiger partial charge in [-0.1, -0.05) is 78.9 Å². The lowest BCUT2D eigenvalue weighted by Gasteiger charge is -2.22. The highest BCUT2D eigenvalue weighted by Crippen LogP contribution is 2.26. The largest absolute Gasteiger partial charge is 0.508 e. The van der Waals surface area contributed by atoms with Gasteiger partial charge in [0, 0.05) is 36.7 Å². The van der Waals surface area contributed by atoms with Crippen molar-refractivity contribution in [2.75, 3.05) is 20.3 Å². The Balaban J connectivity index is 1.54. The van der Waals surface area contributed by atoms with Crippen LogP contribution in [-0.2, 0) is 29.0 Å². The maximum absolute atomic E-state index is 11.2. The quantitative estimate of drug-likeness (QED) is 0.232. The van der Waals surface area contributed by atoms with Crippen LogP contribution in [-0.4, -0.2) is 36.3 Å². The molecule has 0 unspecified atom stereocenters. The van der Waals surface area contributed by atoms with Gasteiger partial charge in [-0.15, -0.1) is 0 Å². The fourth-order valence-corrected chi connectivity index (χ4v) is 4.16. The van der Waals surface area contributed by atoms with Crippen LogP contribution in [0.5, 0.6) is 0 Å². The van der Waals surface area contributed by atoms with Gasteiger partial charge >= 0.3 is 6.16 Å². The SMILES string of the molecule is COC(=O)OC/C=C/CN(Cc1ccccc1)Cc1cccc2[nH]cc(Cc3ccccc3)c12. The first-order valence-corrected chi connectivity index (χ1v) is 11.5. The summed E-state index contributed by atoms with van der Waals surface area (Å²) in [6, 6.07) is 27.5. The van der Waals surface area contributed by atoms with Crippen molar-refractivity contribution in [2.24, 2.45) is 0 Å². The minimum absolute atomic E-state index is 0.195. The Morgan fingerprint density at radius 2 is 1.59 bits per heavy atom. The summed E-state index contributed by atoms with van der Waals surface area (Å²) in [5.41, 5.74) is 6.31. The van der Waals surface area contributed by atoms with E-state index in [1.54, 1.807) is 0 Å². The van der Waals surface area contributed by atoms with Gasteiger partial charge in [0.2, 0.25) is 0 Å². The first-order chi connectivity index (χ1) is 16.7. The second kappa shape index (κ2) is 11.9. The summed E-state index contributed by atoms with van der Waals surface area (Å²) in [4.78, 5) is 17.0. The number of hydrogen-bond acceptors (Lipinski definition) is 4. The lowest BCUT2D eigenvalue weighted by molar-refractivity contribution is 0.0817. The van der Waals surface area contributed by atoms with Crippen molar-refractivity contribution in [2.45, 2.75) is 19.5 Å². The van der Waals surface area contributed by atoms with Crippen LogP contribution in [0.25, 0.3) is 10.9 Å². The molecule has 34 heavy (non-hydrogen) atoms. The van der Waals surface area contributed by atoms with E-state index < -0.39 is 6.16 Å². The number of methoxy groups -OCH3 is 1. The van der Waals surface area contributed by atoms with Crippen LogP contribution < -0.4 is 0 Å². The molecule has 0 fully saturated rings. The molecule has 0 aliphatic rings. The summed E-state index contributed by atoms with van der Waals surface area (Å²) in [5, 5.41) is 1.29. The number of carbonyl (C=O) groups is 1. The van der Waals surface area contributed by atoms with E-state index in [9.17, 15) is 4.79 Å². The molecule has 3 aromatic carbocycles. The molecule has 0 bridgehead atoms. The van der Waals surface area contributed by atoms with Gasteiger partial charge in [-0.05, 0) is 40.8 Å². The first kappa shape index (κ1) is 23.3. The number of carbonyl (C=O) groups excluding carboxylic acids is 1. The summed E-state index contributed by atoms with van der Waals surface area (Å²) in [6.45, 7) is 2.54. The lowest BCUT2D eigenvalue weighted by Crippen LogP contribution is -2.23. The molecule has 1 heterocycles. The Labute approximate surface area is 200 Å². The molecule has 4 rings (SSSR count). The smallest absolute Gasteiger partial charge is 0.438 e. The zero-order valence-electron chi connectivity index (χ0n) is 19.4.